The number of ether oxygens (including phenoxy) is 2. The molecule has 2 nitrogen and oxygen atoms in total. The molecule has 0 fully saturated rings. The second kappa shape index (κ2) is 21.2. The summed E-state index contributed by atoms with van der Waals surface area (Å²) in [7, 11) is 0. The molecule has 0 aliphatic carbocycles. The fraction of sp³-hybridized carbons (Fsp3) is 0.657. The highest BCUT2D eigenvalue weighted by Crippen LogP contribution is 2.25. The molecule has 2 heteroatoms. The smallest absolute Gasteiger partial charge is 0.119 e. The molecule has 0 saturated carbocycles. The maximum Gasteiger partial charge on any atom is 0.119 e. The number of rotatable bonds is 23. The van der Waals surface area contributed by atoms with Crippen LogP contribution in [0, 0.1) is 0 Å². The Balaban J connectivity index is 1.53. The van der Waals surface area contributed by atoms with Crippen LogP contribution in [0.4, 0.5) is 0 Å². The quantitative estimate of drug-likeness (QED) is 0.139. The number of hydrogen-bond donors (Lipinski definition) is 0. The highest BCUT2D eigenvalue weighted by atomic mass is 16.5. The molecular weight excluding hydrogens is 452 g/mol. The van der Waals surface area contributed by atoms with Gasteiger partial charge in [0, 0.05) is 6.61 Å². The highest BCUT2D eigenvalue weighted by Gasteiger charge is 2.07. The Morgan fingerprint density at radius 3 is 1.41 bits per heavy atom. The zero-order valence-corrected chi connectivity index (χ0v) is 24.4. The van der Waals surface area contributed by atoms with E-state index >= 15 is 0 Å². The lowest BCUT2D eigenvalue weighted by molar-refractivity contribution is 0.0627. The van der Waals surface area contributed by atoms with E-state index in [0.717, 1.165) is 25.4 Å². The first kappa shape index (κ1) is 31.4. The molecule has 0 aliphatic heterocycles. The summed E-state index contributed by atoms with van der Waals surface area (Å²) in [6.45, 7) is 8.37. The SMILES string of the molecule is CCCCCCCCCCCCCCCOC(C)c1ccc(-c2ccc(OCCCCCC)cc2)cc1. The standard InChI is InChI=1S/C35H56O2/c1-4-6-8-10-11-12-13-14-15-16-17-18-20-29-36-31(3)32-21-23-33(24-22-32)34-25-27-35(28-26-34)37-30-19-9-7-5-2/h21-28,31H,4-20,29-30H2,1-3H3. The summed E-state index contributed by atoms with van der Waals surface area (Å²) in [6.07, 6.45) is 23.1. The summed E-state index contributed by atoms with van der Waals surface area (Å²) in [6, 6.07) is 17.3. The largest absolute Gasteiger partial charge is 0.494 e. The molecule has 0 saturated heterocycles. The molecule has 0 radical (unpaired) electrons. The molecule has 0 heterocycles. The molecule has 0 spiro atoms. The third-order valence-corrected chi connectivity index (χ3v) is 7.45. The third-order valence-electron chi connectivity index (χ3n) is 7.45. The van der Waals surface area contributed by atoms with Gasteiger partial charge in [-0.15, -0.1) is 0 Å². The third kappa shape index (κ3) is 14.6. The van der Waals surface area contributed by atoms with Gasteiger partial charge in [0.05, 0.1) is 12.7 Å². The van der Waals surface area contributed by atoms with Crippen LogP contribution in [0.2, 0.25) is 0 Å². The topological polar surface area (TPSA) is 18.5 Å². The second-order valence-electron chi connectivity index (χ2n) is 10.8. The van der Waals surface area contributed by atoms with E-state index in [4.69, 9.17) is 9.47 Å². The minimum absolute atomic E-state index is 0.148. The number of unbranched alkanes of at least 4 members (excludes halogenated alkanes) is 15. The summed E-state index contributed by atoms with van der Waals surface area (Å²) >= 11 is 0. The van der Waals surface area contributed by atoms with Gasteiger partial charge in [-0.1, -0.05) is 147 Å². The van der Waals surface area contributed by atoms with Crippen LogP contribution in [0.1, 0.15) is 142 Å². The molecule has 208 valence electrons. The monoisotopic (exact) mass is 508 g/mol. The molecule has 0 aliphatic rings. The molecule has 1 unspecified atom stereocenters. The molecule has 2 aromatic rings. The van der Waals surface area contributed by atoms with Gasteiger partial charge >= 0.3 is 0 Å². The van der Waals surface area contributed by atoms with Crippen LogP contribution in [0.3, 0.4) is 0 Å². The van der Waals surface area contributed by atoms with E-state index in [1.54, 1.807) is 0 Å². The molecule has 37 heavy (non-hydrogen) atoms. The Bertz CT molecular complexity index is 765. The van der Waals surface area contributed by atoms with Crippen LogP contribution < -0.4 is 4.74 Å². The Hall–Kier alpha value is -1.80. The minimum atomic E-state index is 0.148. The van der Waals surface area contributed by atoms with Crippen LogP contribution in [0.5, 0.6) is 5.75 Å². The lowest BCUT2D eigenvalue weighted by atomic mass is 10.0. The zero-order valence-electron chi connectivity index (χ0n) is 24.4. The highest BCUT2D eigenvalue weighted by molar-refractivity contribution is 5.64. The summed E-state index contributed by atoms with van der Waals surface area (Å²) in [5, 5.41) is 0. The van der Waals surface area contributed by atoms with Gasteiger partial charge in [0.1, 0.15) is 5.75 Å². The molecule has 0 N–H and O–H groups in total. The summed E-state index contributed by atoms with van der Waals surface area (Å²) < 4.78 is 12.0. The minimum Gasteiger partial charge on any atom is -0.494 e. The first-order valence-electron chi connectivity index (χ1n) is 15.7. The Morgan fingerprint density at radius 2 is 0.892 bits per heavy atom. The second-order valence-corrected chi connectivity index (χ2v) is 10.8. The van der Waals surface area contributed by atoms with Gasteiger partial charge in [-0.05, 0) is 48.6 Å². The predicted octanol–water partition coefficient (Wildman–Crippen LogP) is 11.5. The average molecular weight is 509 g/mol. The van der Waals surface area contributed by atoms with Gasteiger partial charge in [-0.25, -0.2) is 0 Å². The molecule has 0 bridgehead atoms. The lowest BCUT2D eigenvalue weighted by Crippen LogP contribution is -2.01. The predicted molar refractivity (Wildman–Crippen MR) is 162 cm³/mol. The molecule has 2 rings (SSSR count). The van der Waals surface area contributed by atoms with Crippen molar-refractivity contribution in [3.05, 3.63) is 54.1 Å². The maximum absolute atomic E-state index is 6.13. The molecule has 2 aromatic carbocycles. The summed E-state index contributed by atoms with van der Waals surface area (Å²) in [4.78, 5) is 0. The van der Waals surface area contributed by atoms with Crippen molar-refractivity contribution in [2.75, 3.05) is 13.2 Å². The van der Waals surface area contributed by atoms with E-state index in [0.29, 0.717) is 0 Å². The normalized spacial score (nSPS) is 12.1. The van der Waals surface area contributed by atoms with Gasteiger partial charge in [-0.3, -0.25) is 0 Å². The Labute approximate surface area is 229 Å². The molecule has 1 atom stereocenters. The van der Waals surface area contributed by atoms with E-state index < -0.39 is 0 Å². The lowest BCUT2D eigenvalue weighted by Gasteiger charge is -2.14. The van der Waals surface area contributed by atoms with Crippen LogP contribution in [0.15, 0.2) is 48.5 Å². The Morgan fingerprint density at radius 1 is 0.486 bits per heavy atom. The van der Waals surface area contributed by atoms with Crippen molar-refractivity contribution in [1.82, 2.24) is 0 Å². The van der Waals surface area contributed by atoms with Crippen LogP contribution in [-0.4, -0.2) is 13.2 Å². The van der Waals surface area contributed by atoms with Crippen LogP contribution in [0.25, 0.3) is 11.1 Å². The molecular formula is C35H56O2. The van der Waals surface area contributed by atoms with Crippen molar-refractivity contribution in [2.24, 2.45) is 0 Å². The summed E-state index contributed by atoms with van der Waals surface area (Å²) in [5.74, 6) is 0.965. The Kier molecular flexibility index (Phi) is 18.0. The van der Waals surface area contributed by atoms with Gasteiger partial charge in [-0.2, -0.15) is 0 Å². The number of benzene rings is 2. The van der Waals surface area contributed by atoms with Crippen LogP contribution in [-0.2, 0) is 4.74 Å². The van der Waals surface area contributed by atoms with Gasteiger partial charge in [0.15, 0.2) is 0 Å². The summed E-state index contributed by atoms with van der Waals surface area (Å²) in [5.41, 5.74) is 3.72. The van der Waals surface area contributed by atoms with Gasteiger partial charge in [0.2, 0.25) is 0 Å². The van der Waals surface area contributed by atoms with E-state index in [1.165, 1.54) is 119 Å². The molecule has 0 amide bonds. The van der Waals surface area contributed by atoms with Crippen molar-refractivity contribution >= 4 is 0 Å². The van der Waals surface area contributed by atoms with Crippen molar-refractivity contribution < 1.29 is 9.47 Å². The van der Waals surface area contributed by atoms with Crippen molar-refractivity contribution in [3.63, 3.8) is 0 Å². The fourth-order valence-corrected chi connectivity index (χ4v) is 4.89. The first-order valence-corrected chi connectivity index (χ1v) is 15.7. The van der Waals surface area contributed by atoms with Crippen molar-refractivity contribution in [3.8, 4) is 16.9 Å². The molecule has 0 aromatic heterocycles. The zero-order chi connectivity index (χ0) is 26.4. The first-order chi connectivity index (χ1) is 18.2. The van der Waals surface area contributed by atoms with Crippen molar-refractivity contribution in [1.29, 1.82) is 0 Å². The van der Waals surface area contributed by atoms with Gasteiger partial charge < -0.3 is 9.47 Å². The maximum atomic E-state index is 6.13. The average Bonchev–Trinajstić information content (AvgIpc) is 2.93. The number of hydrogen-bond acceptors (Lipinski definition) is 2. The van der Waals surface area contributed by atoms with E-state index in [9.17, 15) is 0 Å². The van der Waals surface area contributed by atoms with E-state index in [2.05, 4.69) is 69.3 Å². The van der Waals surface area contributed by atoms with Crippen molar-refractivity contribution in [2.45, 2.75) is 136 Å². The van der Waals surface area contributed by atoms with Crippen LogP contribution >= 0.6 is 0 Å². The fourth-order valence-electron chi connectivity index (χ4n) is 4.89. The van der Waals surface area contributed by atoms with Gasteiger partial charge in [0.25, 0.3) is 0 Å². The van der Waals surface area contributed by atoms with E-state index in [-0.39, 0.29) is 6.10 Å². The van der Waals surface area contributed by atoms with E-state index in [1.807, 2.05) is 0 Å².